The Morgan fingerprint density at radius 1 is 1.57 bits per heavy atom. The molecule has 0 heterocycles. The summed E-state index contributed by atoms with van der Waals surface area (Å²) in [7, 11) is 2.20. The first-order valence-electron chi connectivity index (χ1n) is 4.55. The second-order valence-corrected chi connectivity index (χ2v) is 3.06. The fourth-order valence-electron chi connectivity index (χ4n) is 1.35. The van der Waals surface area contributed by atoms with E-state index in [4.69, 9.17) is 0 Å². The molecule has 0 saturated heterocycles. The van der Waals surface area contributed by atoms with Crippen LogP contribution in [0.25, 0.3) is 0 Å². The third kappa shape index (κ3) is 2.52. The van der Waals surface area contributed by atoms with E-state index in [9.17, 15) is 9.90 Å². The maximum atomic E-state index is 11.1. The summed E-state index contributed by atoms with van der Waals surface area (Å²) >= 11 is 0. The molecule has 0 spiro atoms. The first-order valence-corrected chi connectivity index (χ1v) is 4.55. The molecule has 1 aromatic rings. The molecule has 0 fully saturated rings. The molecule has 1 aromatic carbocycles. The molecule has 0 aliphatic carbocycles. The van der Waals surface area contributed by atoms with Crippen molar-refractivity contribution in [2.45, 2.75) is 13.2 Å². The Bertz CT molecular complexity index is 336. The maximum Gasteiger partial charge on any atom is 0.309 e. The van der Waals surface area contributed by atoms with E-state index < -0.39 is 0 Å². The van der Waals surface area contributed by atoms with Crippen LogP contribution in [0, 0.1) is 0 Å². The highest BCUT2D eigenvalue weighted by molar-refractivity contribution is 6.52. The summed E-state index contributed by atoms with van der Waals surface area (Å²) in [5.74, 6) is -0.105. The van der Waals surface area contributed by atoms with Gasteiger partial charge in [-0.25, -0.2) is 0 Å². The van der Waals surface area contributed by atoms with Crippen molar-refractivity contribution in [3.63, 3.8) is 0 Å². The van der Waals surface area contributed by atoms with E-state index in [-0.39, 0.29) is 18.1 Å². The number of aromatic hydroxyl groups is 1. The zero-order valence-electron chi connectivity index (χ0n) is 8.41. The van der Waals surface area contributed by atoms with Crippen LogP contribution >= 0.6 is 0 Å². The van der Waals surface area contributed by atoms with Gasteiger partial charge in [0.2, 0.25) is 0 Å². The summed E-state index contributed by atoms with van der Waals surface area (Å²) in [5.41, 5.74) is 1.90. The molecule has 0 unspecified atom stereocenters. The van der Waals surface area contributed by atoms with E-state index >= 15 is 0 Å². The van der Waals surface area contributed by atoms with E-state index in [2.05, 4.69) is 4.74 Å². The highest BCUT2D eigenvalue weighted by atomic mass is 16.5. The summed E-state index contributed by atoms with van der Waals surface area (Å²) in [6, 6.07) is 5.06. The zero-order chi connectivity index (χ0) is 10.6. The lowest BCUT2D eigenvalue weighted by molar-refractivity contribution is -0.139. The van der Waals surface area contributed by atoms with Gasteiger partial charge in [0.15, 0.2) is 7.28 Å². The Kier molecular flexibility index (Phi) is 3.57. The average Bonchev–Trinajstić information content (AvgIpc) is 2.18. The predicted molar refractivity (Wildman–Crippen MR) is 56.5 cm³/mol. The molecule has 0 saturated carbocycles. The topological polar surface area (TPSA) is 46.5 Å². The van der Waals surface area contributed by atoms with Crippen molar-refractivity contribution >= 4 is 18.7 Å². The van der Waals surface area contributed by atoms with Crippen LogP contribution in [0.2, 0.25) is 6.82 Å². The summed E-state index contributed by atoms with van der Waals surface area (Å²) in [5, 5.41) is 9.27. The summed E-state index contributed by atoms with van der Waals surface area (Å²) in [4.78, 5) is 11.1. The van der Waals surface area contributed by atoms with Gasteiger partial charge in [-0.05, 0) is 17.7 Å². The largest absolute Gasteiger partial charge is 0.508 e. The number of benzene rings is 1. The van der Waals surface area contributed by atoms with Gasteiger partial charge in [-0.2, -0.15) is 0 Å². The Labute approximate surface area is 83.9 Å². The highest BCUT2D eigenvalue weighted by Crippen LogP contribution is 2.10. The Morgan fingerprint density at radius 2 is 2.29 bits per heavy atom. The molecule has 1 N–H and O–H groups in total. The van der Waals surface area contributed by atoms with Crippen LogP contribution < -0.4 is 5.46 Å². The van der Waals surface area contributed by atoms with Crippen molar-refractivity contribution in [2.24, 2.45) is 0 Å². The van der Waals surface area contributed by atoms with Crippen LogP contribution in [0.15, 0.2) is 18.2 Å². The minimum atomic E-state index is -0.287. The Morgan fingerprint density at radius 3 is 2.86 bits per heavy atom. The van der Waals surface area contributed by atoms with Gasteiger partial charge in [-0.3, -0.25) is 4.79 Å². The molecule has 1 rings (SSSR count). The number of carbonyl (C=O) groups is 1. The van der Waals surface area contributed by atoms with Gasteiger partial charge in [0.05, 0.1) is 13.5 Å². The van der Waals surface area contributed by atoms with Crippen molar-refractivity contribution in [2.75, 3.05) is 7.11 Å². The number of rotatable bonds is 3. The molecular weight excluding hydrogens is 179 g/mol. The van der Waals surface area contributed by atoms with E-state index in [1.165, 1.54) is 7.11 Å². The van der Waals surface area contributed by atoms with Crippen molar-refractivity contribution in [1.82, 2.24) is 0 Å². The highest BCUT2D eigenvalue weighted by Gasteiger charge is 2.07. The predicted octanol–water partition coefficient (Wildman–Crippen LogP) is 0.218. The van der Waals surface area contributed by atoms with Crippen LogP contribution in [0.4, 0.5) is 0 Å². The van der Waals surface area contributed by atoms with Crippen molar-refractivity contribution < 1.29 is 14.6 Å². The molecule has 0 aromatic heterocycles. The second kappa shape index (κ2) is 4.70. The van der Waals surface area contributed by atoms with Gasteiger partial charge in [-0.15, -0.1) is 0 Å². The van der Waals surface area contributed by atoms with Crippen LogP contribution in [0.3, 0.4) is 0 Å². The number of methoxy groups -OCH3 is 1. The monoisotopic (exact) mass is 192 g/mol. The van der Waals surface area contributed by atoms with Crippen LogP contribution in [-0.4, -0.2) is 25.5 Å². The fourth-order valence-corrected chi connectivity index (χ4v) is 1.35. The first kappa shape index (κ1) is 10.6. The van der Waals surface area contributed by atoms with Gasteiger partial charge in [-0.1, -0.05) is 18.4 Å². The van der Waals surface area contributed by atoms with Gasteiger partial charge in [0.1, 0.15) is 5.75 Å². The third-order valence-electron chi connectivity index (χ3n) is 2.13. The summed E-state index contributed by atoms with van der Waals surface area (Å²) in [6.07, 6.45) is 0.216. The van der Waals surface area contributed by atoms with Crippen LogP contribution in [-0.2, 0) is 16.0 Å². The Hall–Kier alpha value is -1.45. The SMILES string of the molecule is CBc1ccc(O)cc1CC(=O)OC. The number of phenols is 1. The number of esters is 1. The van der Waals surface area contributed by atoms with Gasteiger partial charge < -0.3 is 9.84 Å². The normalized spacial score (nSPS) is 9.57. The molecule has 0 aliphatic rings. The minimum absolute atomic E-state index is 0.182. The van der Waals surface area contributed by atoms with Crippen molar-refractivity contribution in [3.05, 3.63) is 23.8 Å². The van der Waals surface area contributed by atoms with Crippen LogP contribution in [0.5, 0.6) is 5.75 Å². The quantitative estimate of drug-likeness (QED) is 0.550. The molecule has 0 atom stereocenters. The van der Waals surface area contributed by atoms with Crippen molar-refractivity contribution in [3.8, 4) is 5.75 Å². The maximum absolute atomic E-state index is 11.1. The fraction of sp³-hybridized carbons (Fsp3) is 0.300. The Balaban J connectivity index is 2.93. The smallest absolute Gasteiger partial charge is 0.309 e. The average molecular weight is 192 g/mol. The van der Waals surface area contributed by atoms with E-state index in [0.717, 1.165) is 18.3 Å². The van der Waals surface area contributed by atoms with Gasteiger partial charge in [0, 0.05) is 0 Å². The second-order valence-electron chi connectivity index (χ2n) is 3.06. The molecular formula is C10H13BO3. The molecule has 0 amide bonds. The molecule has 74 valence electrons. The third-order valence-corrected chi connectivity index (χ3v) is 2.13. The molecule has 3 nitrogen and oxygen atoms in total. The van der Waals surface area contributed by atoms with E-state index in [1.54, 1.807) is 12.1 Å². The van der Waals surface area contributed by atoms with Crippen LogP contribution in [0.1, 0.15) is 5.56 Å². The molecule has 0 bridgehead atoms. The van der Waals surface area contributed by atoms with Gasteiger partial charge in [0.25, 0.3) is 0 Å². The molecule has 4 heteroatoms. The standard InChI is InChI=1S/C10H13BO3/c1-11-9-4-3-8(12)5-7(9)6-10(13)14-2/h3-5,11-12H,6H2,1-2H3. The summed E-state index contributed by atoms with van der Waals surface area (Å²) in [6.45, 7) is 2.01. The summed E-state index contributed by atoms with van der Waals surface area (Å²) < 4.78 is 4.57. The molecule has 0 aliphatic heterocycles. The van der Waals surface area contributed by atoms with Crippen molar-refractivity contribution in [1.29, 1.82) is 0 Å². The lowest BCUT2D eigenvalue weighted by atomic mass is 9.70. The molecule has 0 radical (unpaired) electrons. The minimum Gasteiger partial charge on any atom is -0.508 e. The lowest BCUT2D eigenvalue weighted by Crippen LogP contribution is -2.19. The lowest BCUT2D eigenvalue weighted by Gasteiger charge is -2.06. The number of ether oxygens (including phenoxy) is 1. The number of carbonyl (C=O) groups excluding carboxylic acids is 1. The first-order chi connectivity index (χ1) is 6.67. The number of phenolic OH excluding ortho intramolecular Hbond substituents is 1. The molecule has 14 heavy (non-hydrogen) atoms. The van der Waals surface area contributed by atoms with E-state index in [0.29, 0.717) is 0 Å². The van der Waals surface area contributed by atoms with E-state index in [1.807, 2.05) is 12.9 Å². The number of hydrogen-bond acceptors (Lipinski definition) is 3. The number of hydrogen-bond donors (Lipinski definition) is 1. The van der Waals surface area contributed by atoms with Gasteiger partial charge >= 0.3 is 5.97 Å². The zero-order valence-corrected chi connectivity index (χ0v) is 8.41.